The Balaban J connectivity index is 2.11. The van der Waals surface area contributed by atoms with Gasteiger partial charge in [0.15, 0.2) is 0 Å². The molecule has 3 N–H and O–H groups in total. The van der Waals surface area contributed by atoms with Gasteiger partial charge in [0, 0.05) is 20.2 Å². The Kier molecular flexibility index (Phi) is 7.69. The summed E-state index contributed by atoms with van der Waals surface area (Å²) >= 11 is 0. The molecule has 0 aliphatic heterocycles. The molecule has 5 heteroatoms. The van der Waals surface area contributed by atoms with Crippen LogP contribution in [0.2, 0.25) is 0 Å². The predicted octanol–water partition coefficient (Wildman–Crippen LogP) is 1.23. The lowest BCUT2D eigenvalue weighted by molar-refractivity contribution is 0.0599. The minimum atomic E-state index is -0.535. The quantitative estimate of drug-likeness (QED) is 0.671. The van der Waals surface area contributed by atoms with Crippen molar-refractivity contribution in [2.45, 2.75) is 25.9 Å². The predicted molar refractivity (Wildman–Crippen MR) is 78.8 cm³/mol. The van der Waals surface area contributed by atoms with Crippen molar-refractivity contribution in [3.05, 3.63) is 35.4 Å². The van der Waals surface area contributed by atoms with Gasteiger partial charge in [-0.15, -0.1) is 0 Å². The Bertz CT molecular complexity index is 410. The van der Waals surface area contributed by atoms with Crippen LogP contribution in [-0.2, 0) is 11.2 Å². The number of aliphatic hydroxyl groups excluding tert-OH is 1. The number of benzene rings is 1. The Labute approximate surface area is 120 Å². The van der Waals surface area contributed by atoms with Crippen LogP contribution in [0, 0.1) is 6.92 Å². The number of carbonyl (C=O) groups excluding carboxylic acids is 1. The molecule has 0 aliphatic rings. The van der Waals surface area contributed by atoms with Crippen molar-refractivity contribution in [3.8, 4) is 0 Å². The van der Waals surface area contributed by atoms with Crippen LogP contribution in [0.4, 0.5) is 4.79 Å². The van der Waals surface area contributed by atoms with E-state index in [0.29, 0.717) is 19.5 Å². The van der Waals surface area contributed by atoms with Gasteiger partial charge in [0.2, 0.25) is 0 Å². The smallest absolute Gasteiger partial charge is 0.314 e. The molecule has 1 rings (SSSR count). The fraction of sp³-hybridized carbons (Fsp3) is 0.533. The number of urea groups is 1. The monoisotopic (exact) mass is 280 g/mol. The molecule has 112 valence electrons. The first-order valence-electron chi connectivity index (χ1n) is 6.86. The minimum Gasteiger partial charge on any atom is -0.391 e. The largest absolute Gasteiger partial charge is 0.391 e. The highest BCUT2D eigenvalue weighted by Gasteiger charge is 2.04. The summed E-state index contributed by atoms with van der Waals surface area (Å²) < 4.78 is 4.81. The van der Waals surface area contributed by atoms with E-state index in [0.717, 1.165) is 6.42 Å². The van der Waals surface area contributed by atoms with Crippen LogP contribution in [-0.4, -0.2) is 44.0 Å². The number of aliphatic hydroxyl groups is 1. The average molecular weight is 280 g/mol. The number of hydrogen-bond acceptors (Lipinski definition) is 3. The molecular weight excluding hydrogens is 256 g/mol. The number of hydrogen-bond donors (Lipinski definition) is 3. The molecule has 0 bridgehead atoms. The summed E-state index contributed by atoms with van der Waals surface area (Å²) in [6, 6.07) is 8.02. The summed E-state index contributed by atoms with van der Waals surface area (Å²) in [4.78, 5) is 11.5. The number of rotatable bonds is 8. The number of ether oxygens (including phenoxy) is 1. The maximum Gasteiger partial charge on any atom is 0.314 e. The van der Waals surface area contributed by atoms with Crippen molar-refractivity contribution >= 4 is 6.03 Å². The van der Waals surface area contributed by atoms with E-state index >= 15 is 0 Å². The van der Waals surface area contributed by atoms with Crippen LogP contribution in [0.1, 0.15) is 17.5 Å². The first kappa shape index (κ1) is 16.5. The summed E-state index contributed by atoms with van der Waals surface area (Å²) in [7, 11) is 1.54. The number of carbonyl (C=O) groups is 1. The highest BCUT2D eigenvalue weighted by atomic mass is 16.5. The maximum atomic E-state index is 11.5. The molecule has 0 aromatic heterocycles. The first-order chi connectivity index (χ1) is 9.61. The highest BCUT2D eigenvalue weighted by molar-refractivity contribution is 5.73. The average Bonchev–Trinajstić information content (AvgIpc) is 2.39. The van der Waals surface area contributed by atoms with Crippen LogP contribution in [0.5, 0.6) is 0 Å². The number of nitrogens with one attached hydrogen (secondary N) is 2. The fourth-order valence-corrected chi connectivity index (χ4v) is 1.88. The fourth-order valence-electron chi connectivity index (χ4n) is 1.88. The lowest BCUT2D eigenvalue weighted by Gasteiger charge is -2.11. The van der Waals surface area contributed by atoms with Crippen LogP contribution in [0.3, 0.4) is 0 Å². The topological polar surface area (TPSA) is 70.6 Å². The van der Waals surface area contributed by atoms with E-state index in [4.69, 9.17) is 4.74 Å². The van der Waals surface area contributed by atoms with Gasteiger partial charge in [-0.25, -0.2) is 4.79 Å². The van der Waals surface area contributed by atoms with Gasteiger partial charge in [0.1, 0.15) is 0 Å². The third kappa shape index (κ3) is 7.11. The third-order valence-corrected chi connectivity index (χ3v) is 2.90. The van der Waals surface area contributed by atoms with Gasteiger partial charge in [0.25, 0.3) is 0 Å². The van der Waals surface area contributed by atoms with Gasteiger partial charge in [-0.3, -0.25) is 0 Å². The zero-order chi connectivity index (χ0) is 14.8. The molecule has 0 aliphatic carbocycles. The Morgan fingerprint density at radius 3 is 2.80 bits per heavy atom. The molecule has 1 atom stereocenters. The van der Waals surface area contributed by atoms with Crippen molar-refractivity contribution in [2.75, 3.05) is 26.8 Å². The van der Waals surface area contributed by atoms with E-state index in [1.807, 2.05) is 12.1 Å². The zero-order valence-electron chi connectivity index (χ0n) is 12.2. The van der Waals surface area contributed by atoms with Gasteiger partial charge < -0.3 is 20.5 Å². The van der Waals surface area contributed by atoms with Gasteiger partial charge in [0.05, 0.1) is 12.7 Å². The van der Waals surface area contributed by atoms with Crippen LogP contribution in [0.15, 0.2) is 24.3 Å². The first-order valence-corrected chi connectivity index (χ1v) is 6.86. The van der Waals surface area contributed by atoms with Crippen molar-refractivity contribution in [3.63, 3.8) is 0 Å². The molecular formula is C15H24N2O3. The maximum absolute atomic E-state index is 11.5. The van der Waals surface area contributed by atoms with Gasteiger partial charge in [-0.2, -0.15) is 0 Å². The Morgan fingerprint density at radius 1 is 1.35 bits per heavy atom. The zero-order valence-corrected chi connectivity index (χ0v) is 12.2. The summed E-state index contributed by atoms with van der Waals surface area (Å²) in [5.41, 5.74) is 2.43. The summed E-state index contributed by atoms with van der Waals surface area (Å²) in [6.45, 7) is 3.36. The van der Waals surface area contributed by atoms with Crippen molar-refractivity contribution in [2.24, 2.45) is 0 Å². The second kappa shape index (κ2) is 9.34. The summed E-state index contributed by atoms with van der Waals surface area (Å²) in [5, 5.41) is 14.9. The van der Waals surface area contributed by atoms with Crippen LogP contribution >= 0.6 is 0 Å². The molecule has 0 radical (unpaired) electrons. The molecule has 1 unspecified atom stereocenters. The van der Waals surface area contributed by atoms with E-state index < -0.39 is 6.10 Å². The summed E-state index contributed by atoms with van der Waals surface area (Å²) in [6.07, 6.45) is 0.758. The second-order valence-corrected chi connectivity index (χ2v) is 4.82. The second-order valence-electron chi connectivity index (χ2n) is 4.82. The molecule has 2 amide bonds. The molecule has 0 spiro atoms. The van der Waals surface area contributed by atoms with Crippen molar-refractivity contribution in [1.82, 2.24) is 10.6 Å². The van der Waals surface area contributed by atoms with Crippen molar-refractivity contribution in [1.29, 1.82) is 0 Å². The van der Waals surface area contributed by atoms with Crippen molar-refractivity contribution < 1.29 is 14.6 Å². The summed E-state index contributed by atoms with van der Waals surface area (Å²) in [5.74, 6) is 0. The molecule has 20 heavy (non-hydrogen) atoms. The van der Waals surface area contributed by atoms with E-state index in [1.54, 1.807) is 0 Å². The molecule has 5 nitrogen and oxygen atoms in total. The van der Waals surface area contributed by atoms with Crippen LogP contribution < -0.4 is 10.6 Å². The Morgan fingerprint density at radius 2 is 2.10 bits per heavy atom. The lowest BCUT2D eigenvalue weighted by Crippen LogP contribution is -2.38. The van der Waals surface area contributed by atoms with Gasteiger partial charge >= 0.3 is 6.03 Å². The van der Waals surface area contributed by atoms with Gasteiger partial charge in [-0.05, 0) is 25.3 Å². The molecule has 0 saturated heterocycles. The Hall–Kier alpha value is -1.59. The SMILES string of the molecule is COCC(O)CCNC(=O)NCCc1cccc(C)c1. The minimum absolute atomic E-state index is 0.206. The normalized spacial score (nSPS) is 11.9. The number of methoxy groups -OCH3 is 1. The molecule has 0 fully saturated rings. The lowest BCUT2D eigenvalue weighted by atomic mass is 10.1. The van der Waals surface area contributed by atoms with Crippen LogP contribution in [0.25, 0.3) is 0 Å². The molecule has 0 saturated carbocycles. The standard InChI is InChI=1S/C15H24N2O3/c1-12-4-3-5-13(10-12)6-8-16-15(19)17-9-7-14(18)11-20-2/h3-5,10,14,18H,6-9,11H2,1-2H3,(H2,16,17,19). The third-order valence-electron chi connectivity index (χ3n) is 2.90. The molecule has 1 aromatic carbocycles. The van der Waals surface area contributed by atoms with E-state index in [-0.39, 0.29) is 12.6 Å². The number of amides is 2. The number of aryl methyl sites for hydroxylation is 1. The van der Waals surface area contributed by atoms with E-state index in [1.165, 1.54) is 18.2 Å². The molecule has 0 heterocycles. The van der Waals surface area contributed by atoms with Gasteiger partial charge in [-0.1, -0.05) is 29.8 Å². The highest BCUT2D eigenvalue weighted by Crippen LogP contribution is 2.03. The van der Waals surface area contributed by atoms with E-state index in [2.05, 4.69) is 29.7 Å². The van der Waals surface area contributed by atoms with E-state index in [9.17, 15) is 9.90 Å². The molecule has 1 aromatic rings.